The molecule has 0 atom stereocenters. The summed E-state index contributed by atoms with van der Waals surface area (Å²) in [5.41, 5.74) is 79.7. The van der Waals surface area contributed by atoms with Gasteiger partial charge in [0, 0.05) is 35.5 Å². The van der Waals surface area contributed by atoms with Crippen LogP contribution in [0.2, 0.25) is 0 Å². The van der Waals surface area contributed by atoms with Gasteiger partial charge in [0.1, 0.15) is 0 Å². The third-order valence-electron chi connectivity index (χ3n) is 36.5. The van der Waals surface area contributed by atoms with Crippen LogP contribution in [0.5, 0.6) is 0 Å². The Balaban J connectivity index is 0.000000159. The van der Waals surface area contributed by atoms with Gasteiger partial charge in [0.15, 0.2) is 0 Å². The van der Waals surface area contributed by atoms with Crippen molar-refractivity contribution < 1.29 is 0 Å². The second kappa shape index (κ2) is 42.8. The third-order valence-corrected chi connectivity index (χ3v) is 36.5. The second-order valence-electron chi connectivity index (χ2n) is 46.2. The quantitative estimate of drug-likeness (QED) is 0.0751. The molecule has 0 aliphatic carbocycles. The van der Waals surface area contributed by atoms with Crippen LogP contribution in [-0.2, 0) is 0 Å². The summed E-state index contributed by atoms with van der Waals surface area (Å²) in [5.74, 6) is 0.893. The maximum absolute atomic E-state index is 2.51. The highest BCUT2D eigenvalue weighted by Crippen LogP contribution is 2.50. The van der Waals surface area contributed by atoms with Gasteiger partial charge >= 0.3 is 0 Å². The second-order valence-corrected chi connectivity index (χ2v) is 46.2. The first-order valence-electron chi connectivity index (χ1n) is 54.4. The molecule has 0 bridgehead atoms. The predicted molar refractivity (Wildman–Crippen MR) is 644 cm³/mol. The molecule has 0 radical (unpaired) electrons. The van der Waals surface area contributed by atoms with E-state index < -0.39 is 0 Å². The predicted octanol–water partition coefficient (Wildman–Crippen LogP) is 39.9. The number of hydrogen-bond donors (Lipinski definition) is 0. The lowest BCUT2D eigenvalue weighted by Gasteiger charge is -2.28. The van der Waals surface area contributed by atoms with Crippen LogP contribution < -0.4 is 0 Å². The van der Waals surface area contributed by atoms with Crippen LogP contribution >= 0.6 is 0 Å². The van der Waals surface area contributed by atoms with Crippen molar-refractivity contribution in [3.05, 3.63) is 553 Å². The number of fused-ring (bicyclic) bond motifs is 3. The summed E-state index contributed by atoms with van der Waals surface area (Å²) in [6.07, 6.45) is 0. The molecule has 0 spiro atoms. The van der Waals surface area contributed by atoms with E-state index in [9.17, 15) is 0 Å². The van der Waals surface area contributed by atoms with E-state index in [2.05, 4.69) is 507 Å². The lowest BCUT2D eigenvalue weighted by Crippen LogP contribution is -2.12. The molecule has 18 rings (SSSR count). The minimum Gasteiger partial charge on any atom is -0.0574 e. The maximum Gasteiger partial charge on any atom is 0.0345 e. The van der Waals surface area contributed by atoms with Gasteiger partial charge in [-0.25, -0.2) is 0 Å². The summed E-state index contributed by atoms with van der Waals surface area (Å²) in [4.78, 5) is 0. The topological polar surface area (TPSA) is 0 Å². The van der Waals surface area contributed by atoms with Crippen molar-refractivity contribution >= 4 is 32.3 Å². The Labute approximate surface area is 891 Å². The van der Waals surface area contributed by atoms with Gasteiger partial charge in [0.25, 0.3) is 0 Å². The molecule has 18 aromatic rings. The SMILES string of the molecule is Cc1cc(C(c2ccc3ccc(C(c4cc(C)c(C)c(C)c4C)c4cc(C)c(C)c(C)c4C)cc3c2)c2cc(C)c(C)c(C)c2C)c(C)c(C)c1C.Cc1cc(C)c(C(c2ccc3cc(C(c4cc(C)c(C)cc4C)c4cc(C)c(C)cc4C)ccc3c2)c2cc(C)c(C)cc2C)cc1C.Cc1cc(C)c(C(c2ccc3ccc(C(c4cc(C)c(C)cc4C)c4cc(C)c(C)cc4C)cc3c2)c2cc(C)c(C)cc2C)cc1C. The Morgan fingerprint density at radius 2 is 0.209 bits per heavy atom. The normalized spacial score (nSPS) is 11.7. The number of hydrogen-bond acceptors (Lipinski definition) is 0. The molecule has 0 heteroatoms. The lowest BCUT2D eigenvalue weighted by atomic mass is 9.76. The van der Waals surface area contributed by atoms with Crippen molar-refractivity contribution in [3.8, 4) is 0 Å². The zero-order valence-corrected chi connectivity index (χ0v) is 97.4. The van der Waals surface area contributed by atoms with Gasteiger partial charge in [-0.15, -0.1) is 0 Å². The summed E-state index contributed by atoms with van der Waals surface area (Å²) >= 11 is 0. The van der Waals surface area contributed by atoms with E-state index in [1.165, 1.54) is 355 Å². The minimum absolute atomic E-state index is 0.133. The highest BCUT2D eigenvalue weighted by atomic mass is 14.4. The summed E-state index contributed by atoms with van der Waals surface area (Å²) in [6.45, 7) is 90.8. The molecule has 0 aliphatic heterocycles. The van der Waals surface area contributed by atoms with Crippen molar-refractivity contribution in [2.75, 3.05) is 0 Å². The van der Waals surface area contributed by atoms with Gasteiger partial charge in [-0.3, -0.25) is 0 Å². The molecule has 148 heavy (non-hydrogen) atoms. The van der Waals surface area contributed by atoms with Gasteiger partial charge in [-0.1, -0.05) is 231 Å². The van der Waals surface area contributed by atoms with Crippen molar-refractivity contribution in [3.63, 3.8) is 0 Å². The van der Waals surface area contributed by atoms with Gasteiger partial charge in [-0.2, -0.15) is 0 Å². The van der Waals surface area contributed by atoms with Crippen molar-refractivity contribution in [1.29, 1.82) is 0 Å². The standard InChI is InChI=1S/C52H60.2C48H52/c1-27-21-47(39(13)35(9)31(27)5)51(48-22-28(2)32(6)36(10)40(48)14)44-19-17-43-18-20-45(26-46(43)25-44)52(49-23-29(3)33(7)37(11)41(49)15)50-24-30(4)34(8)38(12)42(50)16;1-27-17-35(9)43(21-31(27)5)47(44-22-32(6)28(2)18-36(44)10)41-15-13-40-26-42(16-14-39(40)25-41)48(45-23-33(7)29(3)19-37(45)11)46-24-34(8)30(4)20-38(46)12;1-27-17-35(9)43(21-31(27)5)47(44-22-32(6)28(2)18-36(44)10)40-15-13-39-14-16-41(26-42(39)25-40)48(45-23-33(7)29(3)19-37(45)11)46-24-34(8)30(4)20-38(46)12/h17-26,51-52H,1-16H3;2*13-26,47-48H,1-12H3. The summed E-state index contributed by atoms with van der Waals surface area (Å²) in [5, 5.41) is 7.74. The molecular formula is C148H164. The summed E-state index contributed by atoms with van der Waals surface area (Å²) in [7, 11) is 0. The maximum atomic E-state index is 2.51. The molecule has 0 saturated heterocycles. The van der Waals surface area contributed by atoms with Crippen molar-refractivity contribution in [2.24, 2.45) is 0 Å². The fraction of sp³-hybridized carbons (Fsp3) is 0.311. The Kier molecular flexibility index (Phi) is 31.1. The monoisotopic (exact) mass is 1940 g/mol. The van der Waals surface area contributed by atoms with E-state index in [0.717, 1.165) is 0 Å². The van der Waals surface area contributed by atoms with E-state index in [4.69, 9.17) is 0 Å². The zero-order valence-electron chi connectivity index (χ0n) is 97.4. The molecule has 0 fully saturated rings. The average molecular weight is 1940 g/mol. The van der Waals surface area contributed by atoms with Crippen LogP contribution in [-0.4, -0.2) is 0 Å². The van der Waals surface area contributed by atoms with E-state index in [1.807, 2.05) is 0 Å². The van der Waals surface area contributed by atoms with Crippen molar-refractivity contribution in [1.82, 2.24) is 0 Å². The molecule has 756 valence electrons. The molecular weight excluding hydrogens is 1780 g/mol. The highest BCUT2D eigenvalue weighted by molar-refractivity contribution is 5.88. The van der Waals surface area contributed by atoms with Crippen LogP contribution in [0.1, 0.15) is 358 Å². The fourth-order valence-electron chi connectivity index (χ4n) is 24.6. The van der Waals surface area contributed by atoms with Crippen LogP contribution in [0.4, 0.5) is 0 Å². The average Bonchev–Trinajstić information content (AvgIpc) is 1.40. The first-order chi connectivity index (χ1) is 69.9. The van der Waals surface area contributed by atoms with Gasteiger partial charge in [0.05, 0.1) is 0 Å². The summed E-state index contributed by atoms with van der Waals surface area (Å²) < 4.78 is 0. The van der Waals surface area contributed by atoms with Gasteiger partial charge < -0.3 is 0 Å². The van der Waals surface area contributed by atoms with E-state index in [1.54, 1.807) is 0 Å². The first-order valence-corrected chi connectivity index (χ1v) is 54.4. The number of benzene rings is 18. The Hall–Kier alpha value is -13.3. The molecule has 0 aromatic heterocycles. The molecule has 0 nitrogen and oxygen atoms in total. The van der Waals surface area contributed by atoms with Gasteiger partial charge in [-0.05, 0) is 632 Å². The van der Waals surface area contributed by atoms with Crippen molar-refractivity contribution in [2.45, 2.75) is 312 Å². The Morgan fingerprint density at radius 3 is 0.365 bits per heavy atom. The van der Waals surface area contributed by atoms with E-state index in [0.29, 0.717) is 0 Å². The molecule has 0 amide bonds. The fourth-order valence-corrected chi connectivity index (χ4v) is 24.6. The molecule has 0 heterocycles. The largest absolute Gasteiger partial charge is 0.0574 e. The zero-order chi connectivity index (χ0) is 107. The minimum atomic E-state index is 0.133. The molecule has 0 saturated carbocycles. The van der Waals surface area contributed by atoms with Crippen LogP contribution in [0.15, 0.2) is 231 Å². The molecule has 0 unspecified atom stereocenters. The van der Waals surface area contributed by atoms with Crippen LogP contribution in [0.25, 0.3) is 32.3 Å². The van der Waals surface area contributed by atoms with E-state index in [-0.39, 0.29) is 35.5 Å². The summed E-state index contributed by atoms with van der Waals surface area (Å²) in [6, 6.07) is 91.6. The Bertz CT molecular complexity index is 7530. The first kappa shape index (κ1) is 107. The number of rotatable bonds is 18. The van der Waals surface area contributed by atoms with Crippen LogP contribution in [0, 0.1) is 277 Å². The lowest BCUT2D eigenvalue weighted by molar-refractivity contribution is 0.926. The Morgan fingerprint density at radius 1 is 0.0878 bits per heavy atom. The highest BCUT2D eigenvalue weighted by Gasteiger charge is 2.33. The molecule has 0 aliphatic rings. The molecule has 0 N–H and O–H groups in total. The smallest absolute Gasteiger partial charge is 0.0345 e. The third kappa shape index (κ3) is 20.8. The number of aryl methyl sites for hydroxylation is 28. The van der Waals surface area contributed by atoms with Crippen LogP contribution in [0.3, 0.4) is 0 Å². The van der Waals surface area contributed by atoms with E-state index >= 15 is 0 Å². The van der Waals surface area contributed by atoms with Gasteiger partial charge in [0.2, 0.25) is 0 Å². The molecule has 18 aromatic carbocycles.